The molecule has 0 aromatic rings. The minimum Gasteiger partial charge on any atom is -0.466 e. The molecule has 0 aliphatic heterocycles. The lowest BCUT2D eigenvalue weighted by molar-refractivity contribution is -0.254. The topological polar surface area (TPSA) is 66.8 Å². The molecule has 5 aliphatic carbocycles. The summed E-state index contributed by atoms with van der Waals surface area (Å²) in [6.45, 7) is 18.9. The molecule has 4 heteroatoms. The van der Waals surface area contributed by atoms with Gasteiger partial charge in [-0.25, -0.2) is 0 Å². The first-order valence-electron chi connectivity index (χ1n) is 15.0. The normalized spacial score (nSPS) is 54.0. The van der Waals surface area contributed by atoms with Gasteiger partial charge in [-0.05, 0) is 124 Å². The van der Waals surface area contributed by atoms with Crippen LogP contribution in [0, 0.1) is 56.7 Å². The molecule has 0 saturated heterocycles. The number of hydrogen-bond acceptors (Lipinski definition) is 4. The van der Waals surface area contributed by atoms with Crippen LogP contribution >= 0.6 is 0 Å². The molecule has 0 aromatic carbocycles. The zero-order valence-corrected chi connectivity index (χ0v) is 23.9. The first-order valence-corrected chi connectivity index (χ1v) is 15.0. The van der Waals surface area contributed by atoms with Crippen molar-refractivity contribution >= 4 is 5.97 Å². The van der Waals surface area contributed by atoms with E-state index >= 15 is 0 Å². The number of fused-ring (bicyclic) bond motifs is 7. The van der Waals surface area contributed by atoms with Crippen LogP contribution in [0.4, 0.5) is 0 Å². The van der Waals surface area contributed by atoms with Crippen LogP contribution in [0.15, 0.2) is 12.2 Å². The van der Waals surface area contributed by atoms with Gasteiger partial charge in [0.05, 0.1) is 24.7 Å². The van der Waals surface area contributed by atoms with E-state index in [2.05, 4.69) is 41.2 Å². The van der Waals surface area contributed by atoms with Gasteiger partial charge in [-0.15, -0.1) is 0 Å². The van der Waals surface area contributed by atoms with Crippen molar-refractivity contribution in [3.05, 3.63) is 12.2 Å². The van der Waals surface area contributed by atoms with Gasteiger partial charge in [0, 0.05) is 5.41 Å². The van der Waals surface area contributed by atoms with Crippen molar-refractivity contribution in [1.82, 2.24) is 0 Å². The molecule has 5 aliphatic rings. The Labute approximate surface area is 219 Å². The van der Waals surface area contributed by atoms with Crippen LogP contribution in [0.5, 0.6) is 0 Å². The van der Waals surface area contributed by atoms with E-state index in [1.807, 2.05) is 6.92 Å². The molecule has 204 valence electrons. The lowest BCUT2D eigenvalue weighted by atomic mass is 9.32. The first-order chi connectivity index (χ1) is 16.9. The Balaban J connectivity index is 1.55. The van der Waals surface area contributed by atoms with Gasteiger partial charge in [0.15, 0.2) is 0 Å². The molecule has 0 aromatic heterocycles. The SMILES string of the molecule is C=C(C)[C@@H]1CC[C@]2(C(=O)OCC)CC[C@]3(C)C(CC[C@@H]4[C@@]5(C)CCC(O)C(C)(CO)[C@@H]5CC[C@]43C)[C@@H]12. The van der Waals surface area contributed by atoms with Gasteiger partial charge < -0.3 is 14.9 Å². The average molecular weight is 501 g/mol. The molecule has 11 atom stereocenters. The van der Waals surface area contributed by atoms with Gasteiger partial charge in [0.1, 0.15) is 0 Å². The zero-order valence-electron chi connectivity index (χ0n) is 23.9. The summed E-state index contributed by atoms with van der Waals surface area (Å²) in [7, 11) is 0. The molecule has 36 heavy (non-hydrogen) atoms. The van der Waals surface area contributed by atoms with Crippen molar-refractivity contribution in [2.24, 2.45) is 56.7 Å². The monoisotopic (exact) mass is 500 g/mol. The minimum atomic E-state index is -0.411. The predicted octanol–water partition coefficient (Wildman–Crippen LogP) is 6.54. The molecule has 5 rings (SSSR count). The van der Waals surface area contributed by atoms with E-state index in [4.69, 9.17) is 4.74 Å². The third-order valence-electron chi connectivity index (χ3n) is 13.9. The number of hydrogen-bond donors (Lipinski definition) is 2. The van der Waals surface area contributed by atoms with E-state index in [1.54, 1.807) is 0 Å². The molecule has 4 nitrogen and oxygen atoms in total. The number of aliphatic hydroxyl groups is 2. The minimum absolute atomic E-state index is 0.0590. The highest BCUT2D eigenvalue weighted by molar-refractivity contribution is 5.78. The Bertz CT molecular complexity index is 914. The molecular formula is C32H52O4. The summed E-state index contributed by atoms with van der Waals surface area (Å²) in [5, 5.41) is 21.4. The Hall–Kier alpha value is -0.870. The number of carbonyl (C=O) groups excluding carboxylic acids is 1. The van der Waals surface area contributed by atoms with Crippen LogP contribution in [0.2, 0.25) is 0 Å². The largest absolute Gasteiger partial charge is 0.466 e. The summed E-state index contributed by atoms with van der Waals surface area (Å²) in [6.07, 6.45) is 10.1. The average Bonchev–Trinajstić information content (AvgIpc) is 3.24. The highest BCUT2D eigenvalue weighted by Gasteiger charge is 2.72. The number of rotatable bonds is 4. The molecular weight excluding hydrogens is 448 g/mol. The lowest BCUT2D eigenvalue weighted by Gasteiger charge is -2.72. The maximum Gasteiger partial charge on any atom is 0.312 e. The van der Waals surface area contributed by atoms with Crippen LogP contribution in [0.3, 0.4) is 0 Å². The molecule has 0 bridgehead atoms. The van der Waals surface area contributed by atoms with Crippen molar-refractivity contribution < 1.29 is 19.7 Å². The number of ether oxygens (including phenoxy) is 1. The van der Waals surface area contributed by atoms with Crippen LogP contribution < -0.4 is 0 Å². The van der Waals surface area contributed by atoms with E-state index in [0.29, 0.717) is 36.2 Å². The maximum atomic E-state index is 13.6. The van der Waals surface area contributed by atoms with Gasteiger partial charge in [-0.1, -0.05) is 39.8 Å². The molecule has 0 heterocycles. The summed E-state index contributed by atoms with van der Waals surface area (Å²) in [5.41, 5.74) is 1.01. The first kappa shape index (κ1) is 26.7. The second kappa shape index (κ2) is 8.57. The standard InChI is InChI=1S/C32H52O4/c1-8-36-27(35)32-16-11-21(20(2)3)26(32)22-9-10-24-28(4)14-13-25(34)29(5,19-33)23(28)12-15-31(24,7)30(22,6)17-18-32/h21-26,33-34H,2,8-19H2,1,3-7H3/t21-,22?,23+,24+,25?,26+,28-,29?,30+,31+,32-/m0/s1. The summed E-state index contributed by atoms with van der Waals surface area (Å²) in [6, 6.07) is 0. The van der Waals surface area contributed by atoms with Crippen LogP contribution in [0.1, 0.15) is 106 Å². The van der Waals surface area contributed by atoms with Crippen molar-refractivity contribution in [3.63, 3.8) is 0 Å². The van der Waals surface area contributed by atoms with Crippen LogP contribution in [-0.2, 0) is 9.53 Å². The van der Waals surface area contributed by atoms with Gasteiger partial charge in [0.2, 0.25) is 0 Å². The predicted molar refractivity (Wildman–Crippen MR) is 143 cm³/mol. The van der Waals surface area contributed by atoms with E-state index in [1.165, 1.54) is 18.4 Å². The smallest absolute Gasteiger partial charge is 0.312 e. The van der Waals surface area contributed by atoms with Crippen molar-refractivity contribution in [2.75, 3.05) is 13.2 Å². The highest BCUT2D eigenvalue weighted by Crippen LogP contribution is 2.77. The Morgan fingerprint density at radius 2 is 1.64 bits per heavy atom. The van der Waals surface area contributed by atoms with E-state index in [-0.39, 0.29) is 34.2 Å². The Morgan fingerprint density at radius 1 is 0.917 bits per heavy atom. The lowest BCUT2D eigenvalue weighted by Crippen LogP contribution is -2.67. The molecule has 2 N–H and O–H groups in total. The van der Waals surface area contributed by atoms with Crippen molar-refractivity contribution in [2.45, 2.75) is 112 Å². The fourth-order valence-electron chi connectivity index (χ4n) is 11.8. The fraction of sp³-hybridized carbons (Fsp3) is 0.906. The van der Waals surface area contributed by atoms with E-state index in [0.717, 1.165) is 51.4 Å². The van der Waals surface area contributed by atoms with Gasteiger partial charge in [-0.2, -0.15) is 0 Å². The van der Waals surface area contributed by atoms with Crippen LogP contribution in [0.25, 0.3) is 0 Å². The summed E-state index contributed by atoms with van der Waals surface area (Å²) in [5.74, 6) is 2.26. The second-order valence-corrected chi connectivity index (χ2v) is 14.8. The molecule has 0 amide bonds. The number of allylic oxidation sites excluding steroid dienone is 1. The zero-order chi connectivity index (χ0) is 26.3. The summed E-state index contributed by atoms with van der Waals surface area (Å²) in [4.78, 5) is 13.6. The molecule has 3 unspecified atom stereocenters. The van der Waals surface area contributed by atoms with Crippen molar-refractivity contribution in [1.29, 1.82) is 0 Å². The number of esters is 1. The van der Waals surface area contributed by atoms with Gasteiger partial charge in [-0.3, -0.25) is 4.79 Å². The summed E-state index contributed by atoms with van der Waals surface area (Å²) >= 11 is 0. The van der Waals surface area contributed by atoms with E-state index < -0.39 is 11.5 Å². The third-order valence-corrected chi connectivity index (χ3v) is 13.9. The second-order valence-electron chi connectivity index (χ2n) is 14.8. The number of aliphatic hydroxyl groups excluding tert-OH is 2. The quantitative estimate of drug-likeness (QED) is 0.340. The Kier molecular flexibility index (Phi) is 6.36. The third kappa shape index (κ3) is 3.15. The molecule has 0 spiro atoms. The van der Waals surface area contributed by atoms with Crippen molar-refractivity contribution in [3.8, 4) is 0 Å². The molecule has 0 radical (unpaired) electrons. The van der Waals surface area contributed by atoms with E-state index in [9.17, 15) is 15.0 Å². The van der Waals surface area contributed by atoms with Crippen LogP contribution in [-0.4, -0.2) is 35.5 Å². The highest BCUT2D eigenvalue weighted by atomic mass is 16.5. The maximum absolute atomic E-state index is 13.6. The Morgan fingerprint density at radius 3 is 2.28 bits per heavy atom. The number of carbonyl (C=O) groups is 1. The van der Waals surface area contributed by atoms with Gasteiger partial charge in [0.25, 0.3) is 0 Å². The fourth-order valence-corrected chi connectivity index (χ4v) is 11.8. The molecule has 5 saturated carbocycles. The summed E-state index contributed by atoms with van der Waals surface area (Å²) < 4.78 is 5.77. The molecule has 5 fully saturated rings. The van der Waals surface area contributed by atoms with Gasteiger partial charge >= 0.3 is 5.97 Å².